The van der Waals surface area contributed by atoms with E-state index in [9.17, 15) is 4.79 Å². The zero-order valence-electron chi connectivity index (χ0n) is 16.7. The molecule has 4 N–H and O–H groups in total. The standard InChI is InChI=1S/C21H27ClN6O/c1-24-20(29)13-5-4-10-28(12-13)19-15-6-2-3-7-18(15)26-21(27-19)25-14-8-9-16(22)17(23)11-14/h8-9,11,13H,2-7,10,12,23H2,1H3,(H,24,29)(H,25,26,27). The van der Waals surface area contributed by atoms with Crippen molar-refractivity contribution in [1.82, 2.24) is 15.3 Å². The number of piperidine rings is 1. The molecule has 2 heterocycles. The quantitative estimate of drug-likeness (QED) is 0.664. The molecule has 1 amide bonds. The number of anilines is 4. The molecule has 1 aromatic carbocycles. The SMILES string of the molecule is CNC(=O)C1CCCN(c2nc(Nc3ccc(Cl)c(N)c3)nc3c2CCCC3)C1. The minimum absolute atomic E-state index is 0.00423. The lowest BCUT2D eigenvalue weighted by Crippen LogP contribution is -2.43. The van der Waals surface area contributed by atoms with Crippen molar-refractivity contribution in [2.45, 2.75) is 38.5 Å². The normalized spacial score (nSPS) is 18.8. The van der Waals surface area contributed by atoms with Crippen LogP contribution in [0.15, 0.2) is 18.2 Å². The van der Waals surface area contributed by atoms with Crippen LogP contribution in [-0.4, -0.2) is 36.0 Å². The number of nitrogens with zero attached hydrogens (tertiary/aromatic N) is 3. The zero-order chi connectivity index (χ0) is 20.4. The van der Waals surface area contributed by atoms with Crippen molar-refractivity contribution in [3.63, 3.8) is 0 Å². The van der Waals surface area contributed by atoms with Crippen molar-refractivity contribution >= 4 is 40.6 Å². The predicted molar refractivity (Wildman–Crippen MR) is 117 cm³/mol. The van der Waals surface area contributed by atoms with E-state index in [1.54, 1.807) is 19.2 Å². The van der Waals surface area contributed by atoms with E-state index in [0.29, 0.717) is 23.2 Å². The first kappa shape index (κ1) is 19.8. The van der Waals surface area contributed by atoms with Crippen molar-refractivity contribution in [3.05, 3.63) is 34.5 Å². The fourth-order valence-corrected chi connectivity index (χ4v) is 4.35. The van der Waals surface area contributed by atoms with Gasteiger partial charge in [0.05, 0.1) is 22.3 Å². The van der Waals surface area contributed by atoms with Gasteiger partial charge in [-0.05, 0) is 56.7 Å². The first-order valence-electron chi connectivity index (χ1n) is 10.2. The van der Waals surface area contributed by atoms with Crippen molar-refractivity contribution in [2.24, 2.45) is 5.92 Å². The number of rotatable bonds is 4. The number of carbonyl (C=O) groups is 1. The molecule has 4 rings (SSSR count). The van der Waals surface area contributed by atoms with Gasteiger partial charge in [0.15, 0.2) is 0 Å². The Hall–Kier alpha value is -2.54. The highest BCUT2D eigenvalue weighted by Gasteiger charge is 2.29. The Balaban J connectivity index is 1.66. The van der Waals surface area contributed by atoms with Crippen molar-refractivity contribution in [2.75, 3.05) is 36.1 Å². The number of benzene rings is 1. The number of aryl methyl sites for hydroxylation is 1. The molecule has 2 aliphatic rings. The molecule has 7 nitrogen and oxygen atoms in total. The van der Waals surface area contributed by atoms with Crippen LogP contribution in [0.3, 0.4) is 0 Å². The lowest BCUT2D eigenvalue weighted by molar-refractivity contribution is -0.124. The molecule has 0 spiro atoms. The monoisotopic (exact) mass is 414 g/mol. The van der Waals surface area contributed by atoms with E-state index in [-0.39, 0.29) is 11.8 Å². The molecule has 0 bridgehead atoms. The molecule has 29 heavy (non-hydrogen) atoms. The Bertz CT molecular complexity index is 918. The van der Waals surface area contributed by atoms with Gasteiger partial charge in [-0.1, -0.05) is 11.6 Å². The van der Waals surface area contributed by atoms with E-state index < -0.39 is 0 Å². The third kappa shape index (κ3) is 4.24. The van der Waals surface area contributed by atoms with E-state index in [1.807, 2.05) is 6.07 Å². The van der Waals surface area contributed by atoms with Crippen LogP contribution in [0.1, 0.15) is 36.9 Å². The summed E-state index contributed by atoms with van der Waals surface area (Å²) in [7, 11) is 1.70. The number of fused-ring (bicyclic) bond motifs is 1. The summed E-state index contributed by atoms with van der Waals surface area (Å²) in [5, 5.41) is 6.59. The number of aromatic nitrogens is 2. The largest absolute Gasteiger partial charge is 0.397 e. The van der Waals surface area contributed by atoms with Crippen LogP contribution in [-0.2, 0) is 17.6 Å². The van der Waals surface area contributed by atoms with E-state index in [4.69, 9.17) is 27.3 Å². The van der Waals surface area contributed by atoms with Crippen molar-refractivity contribution < 1.29 is 4.79 Å². The Morgan fingerprint density at radius 3 is 2.86 bits per heavy atom. The summed E-state index contributed by atoms with van der Waals surface area (Å²) < 4.78 is 0. The van der Waals surface area contributed by atoms with E-state index in [0.717, 1.165) is 62.3 Å². The number of hydrogen-bond donors (Lipinski definition) is 3. The molecule has 1 unspecified atom stereocenters. The number of amides is 1. The maximum atomic E-state index is 12.2. The molecular weight excluding hydrogens is 388 g/mol. The number of nitrogens with one attached hydrogen (secondary N) is 2. The summed E-state index contributed by atoms with van der Waals surface area (Å²) in [5.41, 5.74) is 9.58. The van der Waals surface area contributed by atoms with E-state index in [2.05, 4.69) is 15.5 Å². The summed E-state index contributed by atoms with van der Waals surface area (Å²) in [6.07, 6.45) is 6.12. The lowest BCUT2D eigenvalue weighted by atomic mass is 9.93. The van der Waals surface area contributed by atoms with Gasteiger partial charge < -0.3 is 21.3 Å². The highest BCUT2D eigenvalue weighted by Crippen LogP contribution is 2.33. The average molecular weight is 415 g/mol. The first-order valence-corrected chi connectivity index (χ1v) is 10.6. The molecule has 2 aromatic rings. The zero-order valence-corrected chi connectivity index (χ0v) is 17.4. The highest BCUT2D eigenvalue weighted by molar-refractivity contribution is 6.33. The second kappa shape index (κ2) is 8.45. The maximum Gasteiger partial charge on any atom is 0.229 e. The second-order valence-electron chi connectivity index (χ2n) is 7.76. The van der Waals surface area contributed by atoms with Gasteiger partial charge in [-0.2, -0.15) is 4.98 Å². The Kier molecular flexibility index (Phi) is 5.76. The van der Waals surface area contributed by atoms with Gasteiger partial charge in [0, 0.05) is 31.4 Å². The fourth-order valence-electron chi connectivity index (χ4n) is 4.23. The number of halogens is 1. The molecule has 0 saturated carbocycles. The van der Waals surface area contributed by atoms with Gasteiger partial charge in [-0.15, -0.1) is 0 Å². The molecule has 1 aromatic heterocycles. The Labute approximate surface area is 176 Å². The molecule has 154 valence electrons. The van der Waals surface area contributed by atoms with Gasteiger partial charge in [0.2, 0.25) is 11.9 Å². The number of nitrogens with two attached hydrogens (primary N) is 1. The summed E-state index contributed by atoms with van der Waals surface area (Å²) in [6, 6.07) is 5.41. The van der Waals surface area contributed by atoms with E-state index >= 15 is 0 Å². The lowest BCUT2D eigenvalue weighted by Gasteiger charge is -2.35. The minimum Gasteiger partial charge on any atom is -0.397 e. The van der Waals surface area contributed by atoms with Gasteiger partial charge in [0.1, 0.15) is 5.82 Å². The third-order valence-corrected chi connectivity index (χ3v) is 6.10. The van der Waals surface area contributed by atoms with Crippen molar-refractivity contribution in [3.8, 4) is 0 Å². The molecule has 0 radical (unpaired) electrons. The third-order valence-electron chi connectivity index (χ3n) is 5.75. The molecule has 1 saturated heterocycles. The van der Waals surface area contributed by atoms with Crippen LogP contribution in [0.25, 0.3) is 0 Å². The molecule has 1 aliphatic heterocycles. The van der Waals surface area contributed by atoms with Crippen LogP contribution < -0.4 is 21.3 Å². The summed E-state index contributed by atoms with van der Waals surface area (Å²) in [4.78, 5) is 24.1. The van der Waals surface area contributed by atoms with Crippen LogP contribution in [0.4, 0.5) is 23.1 Å². The van der Waals surface area contributed by atoms with Gasteiger partial charge in [0.25, 0.3) is 0 Å². The molecule has 1 aliphatic carbocycles. The first-order chi connectivity index (χ1) is 14.0. The Morgan fingerprint density at radius 1 is 1.24 bits per heavy atom. The fraction of sp³-hybridized carbons (Fsp3) is 0.476. The Morgan fingerprint density at radius 2 is 2.07 bits per heavy atom. The van der Waals surface area contributed by atoms with Gasteiger partial charge in [-0.25, -0.2) is 4.98 Å². The molecule has 1 fully saturated rings. The molecular formula is C21H27ClN6O. The van der Waals surface area contributed by atoms with E-state index in [1.165, 1.54) is 5.56 Å². The minimum atomic E-state index is -0.00423. The topological polar surface area (TPSA) is 96.2 Å². The summed E-state index contributed by atoms with van der Waals surface area (Å²) >= 11 is 6.03. The summed E-state index contributed by atoms with van der Waals surface area (Å²) in [5.74, 6) is 1.63. The number of hydrogen-bond acceptors (Lipinski definition) is 6. The van der Waals surface area contributed by atoms with Crippen LogP contribution in [0, 0.1) is 5.92 Å². The number of carbonyl (C=O) groups excluding carboxylic acids is 1. The van der Waals surface area contributed by atoms with Crippen LogP contribution in [0.5, 0.6) is 0 Å². The number of nitrogen functional groups attached to an aromatic ring is 1. The second-order valence-corrected chi connectivity index (χ2v) is 8.17. The molecule has 1 atom stereocenters. The van der Waals surface area contributed by atoms with Gasteiger partial charge in [-0.3, -0.25) is 4.79 Å². The molecule has 8 heteroatoms. The van der Waals surface area contributed by atoms with Gasteiger partial charge >= 0.3 is 0 Å². The maximum absolute atomic E-state index is 12.2. The van der Waals surface area contributed by atoms with Crippen molar-refractivity contribution in [1.29, 1.82) is 0 Å². The van der Waals surface area contributed by atoms with Crippen LogP contribution in [0.2, 0.25) is 5.02 Å². The average Bonchev–Trinajstić information content (AvgIpc) is 2.75. The summed E-state index contributed by atoms with van der Waals surface area (Å²) in [6.45, 7) is 1.60. The highest BCUT2D eigenvalue weighted by atomic mass is 35.5. The smallest absolute Gasteiger partial charge is 0.229 e. The predicted octanol–water partition coefficient (Wildman–Crippen LogP) is 3.30. The van der Waals surface area contributed by atoms with Crippen LogP contribution >= 0.6 is 11.6 Å².